The van der Waals surface area contributed by atoms with Gasteiger partial charge in [0.25, 0.3) is 0 Å². The zero-order chi connectivity index (χ0) is 18.4. The first-order valence-electron chi connectivity index (χ1n) is 9.07. The van der Waals surface area contributed by atoms with Gasteiger partial charge in [-0.05, 0) is 50.2 Å². The molecule has 3 rings (SSSR count). The first-order chi connectivity index (χ1) is 12.6. The van der Waals surface area contributed by atoms with Crippen LogP contribution in [-0.2, 0) is 4.79 Å². The summed E-state index contributed by atoms with van der Waals surface area (Å²) in [5.41, 5.74) is 1.05. The summed E-state index contributed by atoms with van der Waals surface area (Å²) in [4.78, 5) is 27.0. The van der Waals surface area contributed by atoms with E-state index in [2.05, 4.69) is 15.5 Å². The van der Waals surface area contributed by atoms with Crippen LogP contribution in [0.3, 0.4) is 0 Å². The van der Waals surface area contributed by atoms with Crippen LogP contribution in [0.15, 0.2) is 24.3 Å². The van der Waals surface area contributed by atoms with Gasteiger partial charge in [0.1, 0.15) is 5.75 Å². The highest BCUT2D eigenvalue weighted by Crippen LogP contribution is 2.21. The standard InChI is InChI=1S/C18H26N4O4.ClH/c23-17(24)13-26-16-3-1-15(2-4-16)21-9-11-22(12-10-21)18(25)20-14-5-7-19-8-6-14;/h1-4,14,19H,5-13H2,(H,20,25)(H,23,24);1H. The number of nitrogens with zero attached hydrogens (tertiary/aromatic N) is 2. The van der Waals surface area contributed by atoms with Gasteiger partial charge < -0.3 is 30.3 Å². The summed E-state index contributed by atoms with van der Waals surface area (Å²) in [5.74, 6) is -0.455. The molecule has 0 spiro atoms. The van der Waals surface area contributed by atoms with Crippen LogP contribution < -0.4 is 20.3 Å². The minimum atomic E-state index is -0.993. The molecular weight excluding hydrogens is 372 g/mol. The van der Waals surface area contributed by atoms with E-state index in [1.54, 1.807) is 12.1 Å². The van der Waals surface area contributed by atoms with Crippen molar-refractivity contribution >= 4 is 30.1 Å². The molecule has 0 aliphatic carbocycles. The number of carboxylic acids is 1. The largest absolute Gasteiger partial charge is 0.482 e. The maximum atomic E-state index is 12.4. The molecular formula is C18H27ClN4O4. The molecule has 2 amide bonds. The fourth-order valence-corrected chi connectivity index (χ4v) is 3.30. The van der Waals surface area contributed by atoms with E-state index in [4.69, 9.17) is 9.84 Å². The van der Waals surface area contributed by atoms with E-state index in [1.165, 1.54) is 0 Å². The van der Waals surface area contributed by atoms with E-state index in [1.807, 2.05) is 17.0 Å². The molecule has 0 aromatic heterocycles. The van der Waals surface area contributed by atoms with Gasteiger partial charge in [-0.2, -0.15) is 0 Å². The number of piperidine rings is 1. The number of aliphatic carboxylic acids is 1. The Morgan fingerprint density at radius 2 is 1.74 bits per heavy atom. The molecule has 0 radical (unpaired) electrons. The summed E-state index contributed by atoms with van der Waals surface area (Å²) < 4.78 is 5.15. The quantitative estimate of drug-likeness (QED) is 0.689. The van der Waals surface area contributed by atoms with Gasteiger partial charge in [-0.25, -0.2) is 9.59 Å². The monoisotopic (exact) mass is 398 g/mol. The molecule has 0 bridgehead atoms. The zero-order valence-corrected chi connectivity index (χ0v) is 16.0. The highest BCUT2D eigenvalue weighted by molar-refractivity contribution is 5.85. The Labute approximate surface area is 165 Å². The third-order valence-corrected chi connectivity index (χ3v) is 4.80. The second-order valence-electron chi connectivity index (χ2n) is 6.62. The maximum absolute atomic E-state index is 12.4. The molecule has 0 unspecified atom stereocenters. The van der Waals surface area contributed by atoms with Crippen LogP contribution in [-0.4, -0.2) is 73.9 Å². The van der Waals surface area contributed by atoms with Gasteiger partial charge in [-0.1, -0.05) is 0 Å². The highest BCUT2D eigenvalue weighted by Gasteiger charge is 2.23. The average molecular weight is 399 g/mol. The van der Waals surface area contributed by atoms with Crippen molar-refractivity contribution in [2.75, 3.05) is 50.8 Å². The third-order valence-electron chi connectivity index (χ3n) is 4.80. The minimum absolute atomic E-state index is 0. The topological polar surface area (TPSA) is 94.1 Å². The Hall–Kier alpha value is -2.19. The van der Waals surface area contributed by atoms with Gasteiger partial charge in [-0.3, -0.25) is 0 Å². The van der Waals surface area contributed by atoms with Crippen molar-refractivity contribution in [3.63, 3.8) is 0 Å². The van der Waals surface area contributed by atoms with Crippen molar-refractivity contribution in [2.45, 2.75) is 18.9 Å². The van der Waals surface area contributed by atoms with Crippen molar-refractivity contribution in [2.24, 2.45) is 0 Å². The van der Waals surface area contributed by atoms with Crippen molar-refractivity contribution < 1.29 is 19.4 Å². The minimum Gasteiger partial charge on any atom is -0.482 e. The van der Waals surface area contributed by atoms with Crippen LogP contribution in [0.5, 0.6) is 5.75 Å². The Balaban J connectivity index is 0.00000261. The average Bonchev–Trinajstić information content (AvgIpc) is 2.68. The lowest BCUT2D eigenvalue weighted by molar-refractivity contribution is -0.139. The predicted molar refractivity (Wildman–Crippen MR) is 105 cm³/mol. The predicted octanol–water partition coefficient (Wildman–Crippen LogP) is 1.16. The number of hydrogen-bond acceptors (Lipinski definition) is 5. The van der Waals surface area contributed by atoms with Gasteiger partial charge in [0.2, 0.25) is 0 Å². The van der Waals surface area contributed by atoms with Crippen LogP contribution >= 0.6 is 12.4 Å². The van der Waals surface area contributed by atoms with E-state index in [0.29, 0.717) is 18.8 Å². The van der Waals surface area contributed by atoms with Crippen molar-refractivity contribution in [1.82, 2.24) is 15.5 Å². The number of ether oxygens (including phenoxy) is 1. The van der Waals surface area contributed by atoms with Crippen LogP contribution in [0, 0.1) is 0 Å². The van der Waals surface area contributed by atoms with Crippen LogP contribution in [0.4, 0.5) is 10.5 Å². The van der Waals surface area contributed by atoms with Crippen LogP contribution in [0.1, 0.15) is 12.8 Å². The van der Waals surface area contributed by atoms with E-state index in [-0.39, 0.29) is 31.1 Å². The number of rotatable bonds is 5. The zero-order valence-electron chi connectivity index (χ0n) is 15.2. The summed E-state index contributed by atoms with van der Waals surface area (Å²) in [6.07, 6.45) is 1.98. The molecule has 8 nitrogen and oxygen atoms in total. The molecule has 1 aromatic rings. The van der Waals surface area contributed by atoms with E-state index in [9.17, 15) is 9.59 Å². The number of urea groups is 1. The van der Waals surface area contributed by atoms with Crippen molar-refractivity contribution in [3.05, 3.63) is 24.3 Å². The summed E-state index contributed by atoms with van der Waals surface area (Å²) in [5, 5.41) is 15.1. The lowest BCUT2D eigenvalue weighted by Gasteiger charge is -2.37. The number of benzene rings is 1. The normalized spacial score (nSPS) is 17.8. The number of carbonyl (C=O) groups excluding carboxylic acids is 1. The highest BCUT2D eigenvalue weighted by atomic mass is 35.5. The van der Waals surface area contributed by atoms with Gasteiger partial charge in [-0.15, -0.1) is 12.4 Å². The molecule has 9 heteroatoms. The first-order valence-corrected chi connectivity index (χ1v) is 9.07. The number of nitrogens with one attached hydrogen (secondary N) is 2. The van der Waals surface area contributed by atoms with Crippen molar-refractivity contribution in [1.29, 1.82) is 0 Å². The molecule has 3 N–H and O–H groups in total. The van der Waals surface area contributed by atoms with Gasteiger partial charge >= 0.3 is 12.0 Å². The SMILES string of the molecule is Cl.O=C(O)COc1ccc(N2CCN(C(=O)NC3CCNCC3)CC2)cc1. The third kappa shape index (κ3) is 6.18. The second-order valence-corrected chi connectivity index (χ2v) is 6.62. The lowest BCUT2D eigenvalue weighted by Crippen LogP contribution is -2.54. The fraction of sp³-hybridized carbons (Fsp3) is 0.556. The fourth-order valence-electron chi connectivity index (χ4n) is 3.30. The molecule has 2 fully saturated rings. The summed E-state index contributed by atoms with van der Waals surface area (Å²) in [6.45, 7) is 4.51. The summed E-state index contributed by atoms with van der Waals surface area (Å²) in [6, 6.07) is 7.70. The Morgan fingerprint density at radius 1 is 1.11 bits per heavy atom. The number of hydrogen-bond donors (Lipinski definition) is 3. The Morgan fingerprint density at radius 3 is 2.33 bits per heavy atom. The molecule has 0 atom stereocenters. The number of halogens is 1. The molecule has 150 valence electrons. The second kappa shape index (κ2) is 10.2. The number of amides is 2. The van der Waals surface area contributed by atoms with Gasteiger partial charge in [0, 0.05) is 37.9 Å². The molecule has 27 heavy (non-hydrogen) atoms. The molecule has 2 aliphatic heterocycles. The Kier molecular flexibility index (Phi) is 7.99. The smallest absolute Gasteiger partial charge is 0.341 e. The number of piperazine rings is 1. The molecule has 2 saturated heterocycles. The molecule has 2 heterocycles. The van der Waals surface area contributed by atoms with Gasteiger partial charge in [0.05, 0.1) is 0 Å². The molecule has 0 saturated carbocycles. The summed E-state index contributed by atoms with van der Waals surface area (Å²) in [7, 11) is 0. The molecule has 2 aliphatic rings. The van der Waals surface area contributed by atoms with E-state index in [0.717, 1.165) is 44.7 Å². The van der Waals surface area contributed by atoms with Crippen molar-refractivity contribution in [3.8, 4) is 5.75 Å². The number of carbonyl (C=O) groups is 2. The Bertz CT molecular complexity index is 614. The summed E-state index contributed by atoms with van der Waals surface area (Å²) >= 11 is 0. The number of anilines is 1. The van der Waals surface area contributed by atoms with E-state index >= 15 is 0 Å². The molecule has 1 aromatic carbocycles. The first kappa shape index (κ1) is 21.1. The maximum Gasteiger partial charge on any atom is 0.341 e. The van der Waals surface area contributed by atoms with E-state index < -0.39 is 5.97 Å². The van der Waals surface area contributed by atoms with Gasteiger partial charge in [0.15, 0.2) is 6.61 Å². The lowest BCUT2D eigenvalue weighted by atomic mass is 10.1. The number of carboxylic acid groups (broad SMARTS) is 1. The van der Waals surface area contributed by atoms with Crippen LogP contribution in [0.25, 0.3) is 0 Å². The van der Waals surface area contributed by atoms with Crippen LogP contribution in [0.2, 0.25) is 0 Å².